The molecule has 1 aliphatic rings. The molecule has 0 unspecified atom stereocenters. The second kappa shape index (κ2) is 3.34. The van der Waals surface area contributed by atoms with E-state index < -0.39 is 5.97 Å². The van der Waals surface area contributed by atoms with Crippen LogP contribution in [0.1, 0.15) is 32.7 Å². The molecular formula is C10H7IO3. The van der Waals surface area contributed by atoms with Gasteiger partial charge in [-0.3, -0.25) is 4.79 Å². The van der Waals surface area contributed by atoms with Gasteiger partial charge in [0.15, 0.2) is 5.78 Å². The third kappa shape index (κ3) is 1.43. The Hall–Kier alpha value is -0.910. The lowest BCUT2D eigenvalue weighted by atomic mass is 10.1. The first kappa shape index (κ1) is 9.64. The number of benzene rings is 1. The van der Waals surface area contributed by atoms with E-state index in [0.717, 1.165) is 14.7 Å². The maximum atomic E-state index is 11.4. The Labute approximate surface area is 94.3 Å². The molecule has 2 rings (SSSR count). The molecule has 1 aromatic carbocycles. The molecule has 0 amide bonds. The van der Waals surface area contributed by atoms with Crippen LogP contribution >= 0.6 is 22.6 Å². The third-order valence-corrected chi connectivity index (χ3v) is 3.17. The Bertz CT molecular complexity index is 437. The van der Waals surface area contributed by atoms with Crippen LogP contribution < -0.4 is 0 Å². The zero-order valence-electron chi connectivity index (χ0n) is 7.21. The number of Topliss-reactive ketones (excluding diaryl/α,β-unsaturated/α-hetero) is 1. The summed E-state index contributed by atoms with van der Waals surface area (Å²) in [4.78, 5) is 22.2. The first-order valence-electron chi connectivity index (χ1n) is 4.18. The normalized spacial score (nSPS) is 14.2. The van der Waals surface area contributed by atoms with Crippen molar-refractivity contribution in [2.75, 3.05) is 0 Å². The number of aromatic carboxylic acids is 1. The Balaban J connectivity index is 2.62. The molecule has 0 saturated heterocycles. The molecule has 1 aliphatic carbocycles. The number of ketones is 1. The highest BCUT2D eigenvalue weighted by Gasteiger charge is 2.23. The van der Waals surface area contributed by atoms with Gasteiger partial charge >= 0.3 is 5.97 Å². The molecule has 4 heteroatoms. The molecule has 0 heterocycles. The van der Waals surface area contributed by atoms with E-state index in [-0.39, 0.29) is 11.3 Å². The van der Waals surface area contributed by atoms with Crippen LogP contribution in [0.4, 0.5) is 0 Å². The number of rotatable bonds is 1. The van der Waals surface area contributed by atoms with Crippen molar-refractivity contribution in [2.24, 2.45) is 0 Å². The summed E-state index contributed by atoms with van der Waals surface area (Å²) in [5.41, 5.74) is 1.86. The smallest absolute Gasteiger partial charge is 0.335 e. The number of carbonyl (C=O) groups excluding carboxylic acids is 1. The van der Waals surface area contributed by atoms with E-state index in [1.54, 1.807) is 12.1 Å². The molecule has 14 heavy (non-hydrogen) atoms. The van der Waals surface area contributed by atoms with Crippen molar-refractivity contribution in [3.8, 4) is 0 Å². The fourth-order valence-electron chi connectivity index (χ4n) is 1.67. The summed E-state index contributed by atoms with van der Waals surface area (Å²) >= 11 is 2.02. The molecule has 0 spiro atoms. The third-order valence-electron chi connectivity index (χ3n) is 2.32. The zero-order valence-corrected chi connectivity index (χ0v) is 9.37. The molecule has 0 aromatic heterocycles. The first-order valence-corrected chi connectivity index (χ1v) is 5.26. The number of carbonyl (C=O) groups is 2. The predicted octanol–water partition coefficient (Wildman–Crippen LogP) is 2.12. The van der Waals surface area contributed by atoms with Gasteiger partial charge in [0.1, 0.15) is 0 Å². The second-order valence-electron chi connectivity index (χ2n) is 3.22. The number of hydrogen-bond donors (Lipinski definition) is 1. The zero-order chi connectivity index (χ0) is 10.3. The average Bonchev–Trinajstić information content (AvgIpc) is 2.48. The van der Waals surface area contributed by atoms with Crippen molar-refractivity contribution in [1.82, 2.24) is 0 Å². The minimum absolute atomic E-state index is 0.126. The minimum atomic E-state index is -0.940. The van der Waals surface area contributed by atoms with Crippen molar-refractivity contribution in [1.29, 1.82) is 0 Å². The minimum Gasteiger partial charge on any atom is -0.478 e. The van der Waals surface area contributed by atoms with Crippen LogP contribution in [0, 0.1) is 3.57 Å². The van der Waals surface area contributed by atoms with Gasteiger partial charge in [0, 0.05) is 15.6 Å². The molecule has 0 saturated carbocycles. The standard InChI is InChI=1S/C10H7IO3/c11-7-4-6(10(13)14)3-5-1-2-8(12)9(5)7/h3-4H,1-2H2,(H,13,14). The lowest BCUT2D eigenvalue weighted by molar-refractivity contribution is 0.0696. The van der Waals surface area contributed by atoms with E-state index in [4.69, 9.17) is 5.11 Å². The molecule has 0 fully saturated rings. The topological polar surface area (TPSA) is 54.4 Å². The molecule has 1 aromatic rings. The fraction of sp³-hybridized carbons (Fsp3) is 0.200. The highest BCUT2D eigenvalue weighted by molar-refractivity contribution is 14.1. The summed E-state index contributed by atoms with van der Waals surface area (Å²) in [5.74, 6) is -0.814. The highest BCUT2D eigenvalue weighted by atomic mass is 127. The summed E-state index contributed by atoms with van der Waals surface area (Å²) in [6, 6.07) is 3.15. The van der Waals surface area contributed by atoms with Gasteiger partial charge < -0.3 is 5.11 Å². The largest absolute Gasteiger partial charge is 0.478 e. The maximum Gasteiger partial charge on any atom is 0.335 e. The summed E-state index contributed by atoms with van der Waals surface area (Å²) < 4.78 is 0.750. The van der Waals surface area contributed by atoms with E-state index in [1.807, 2.05) is 22.6 Å². The Morgan fingerprint density at radius 1 is 1.36 bits per heavy atom. The van der Waals surface area contributed by atoms with Crippen molar-refractivity contribution in [2.45, 2.75) is 12.8 Å². The first-order chi connectivity index (χ1) is 6.59. The SMILES string of the molecule is O=C(O)c1cc(I)c2c(c1)CCC2=O. The lowest BCUT2D eigenvalue weighted by Crippen LogP contribution is -2.01. The van der Waals surface area contributed by atoms with E-state index in [1.165, 1.54) is 0 Å². The second-order valence-corrected chi connectivity index (χ2v) is 4.38. The van der Waals surface area contributed by atoms with E-state index in [0.29, 0.717) is 12.8 Å². The van der Waals surface area contributed by atoms with Crippen LogP contribution in [-0.2, 0) is 6.42 Å². The van der Waals surface area contributed by atoms with Crippen LogP contribution in [0.25, 0.3) is 0 Å². The molecular weight excluding hydrogens is 295 g/mol. The quantitative estimate of drug-likeness (QED) is 0.808. The Morgan fingerprint density at radius 3 is 2.71 bits per heavy atom. The number of carboxylic acids is 1. The summed E-state index contributed by atoms with van der Waals surface area (Å²) in [6.45, 7) is 0. The molecule has 1 N–H and O–H groups in total. The fourth-order valence-corrected chi connectivity index (χ4v) is 2.65. The van der Waals surface area contributed by atoms with Crippen molar-refractivity contribution in [3.63, 3.8) is 0 Å². The van der Waals surface area contributed by atoms with Crippen LogP contribution in [-0.4, -0.2) is 16.9 Å². The van der Waals surface area contributed by atoms with Crippen LogP contribution in [0.5, 0.6) is 0 Å². The average molecular weight is 302 g/mol. The number of aryl methyl sites for hydroxylation is 1. The molecule has 3 nitrogen and oxygen atoms in total. The van der Waals surface area contributed by atoms with Crippen LogP contribution in [0.15, 0.2) is 12.1 Å². The summed E-state index contributed by atoms with van der Waals surface area (Å²) in [7, 11) is 0. The number of carboxylic acid groups (broad SMARTS) is 1. The number of hydrogen-bond acceptors (Lipinski definition) is 2. The summed E-state index contributed by atoms with van der Waals surface area (Å²) in [6.07, 6.45) is 1.18. The lowest BCUT2D eigenvalue weighted by Gasteiger charge is -2.02. The molecule has 0 atom stereocenters. The Morgan fingerprint density at radius 2 is 2.07 bits per heavy atom. The number of halogens is 1. The van der Waals surface area contributed by atoms with Gasteiger partial charge in [0.25, 0.3) is 0 Å². The van der Waals surface area contributed by atoms with Gasteiger partial charge in [-0.25, -0.2) is 4.79 Å². The van der Waals surface area contributed by atoms with Crippen molar-refractivity contribution >= 4 is 34.3 Å². The number of fused-ring (bicyclic) bond motifs is 1. The van der Waals surface area contributed by atoms with E-state index >= 15 is 0 Å². The van der Waals surface area contributed by atoms with Crippen molar-refractivity contribution < 1.29 is 14.7 Å². The Kier molecular flexibility index (Phi) is 2.30. The van der Waals surface area contributed by atoms with Gasteiger partial charge in [0.05, 0.1) is 5.56 Å². The van der Waals surface area contributed by atoms with Crippen molar-refractivity contribution in [3.05, 3.63) is 32.4 Å². The molecule has 72 valence electrons. The highest BCUT2D eigenvalue weighted by Crippen LogP contribution is 2.28. The van der Waals surface area contributed by atoms with Gasteiger partial charge in [-0.05, 0) is 46.7 Å². The molecule has 0 aliphatic heterocycles. The van der Waals surface area contributed by atoms with E-state index in [9.17, 15) is 9.59 Å². The monoisotopic (exact) mass is 302 g/mol. The molecule has 0 radical (unpaired) electrons. The van der Waals surface area contributed by atoms with Crippen LogP contribution in [0.3, 0.4) is 0 Å². The van der Waals surface area contributed by atoms with E-state index in [2.05, 4.69) is 0 Å². The molecule has 0 bridgehead atoms. The van der Waals surface area contributed by atoms with Crippen LogP contribution in [0.2, 0.25) is 0 Å². The van der Waals surface area contributed by atoms with Gasteiger partial charge in [-0.2, -0.15) is 0 Å². The van der Waals surface area contributed by atoms with Gasteiger partial charge in [0.2, 0.25) is 0 Å². The maximum absolute atomic E-state index is 11.4. The van der Waals surface area contributed by atoms with Gasteiger partial charge in [-0.1, -0.05) is 0 Å². The summed E-state index contributed by atoms with van der Waals surface area (Å²) in [5, 5.41) is 8.82. The predicted molar refractivity (Wildman–Crippen MR) is 58.8 cm³/mol. The van der Waals surface area contributed by atoms with Gasteiger partial charge in [-0.15, -0.1) is 0 Å².